The smallest absolute Gasteiger partial charge is 0.317 e. The Morgan fingerprint density at radius 3 is 2.93 bits per heavy atom. The summed E-state index contributed by atoms with van der Waals surface area (Å²) in [6.45, 7) is 2.51. The fourth-order valence-corrected chi connectivity index (χ4v) is 4.34. The molecule has 1 aromatic heterocycles. The van der Waals surface area contributed by atoms with Crippen molar-refractivity contribution in [3.05, 3.63) is 58.8 Å². The van der Waals surface area contributed by atoms with Crippen molar-refractivity contribution < 1.29 is 14.7 Å². The minimum absolute atomic E-state index is 0.0660. The number of hydrogen-bond donors (Lipinski definition) is 3. The van der Waals surface area contributed by atoms with Crippen LogP contribution < -0.4 is 10.6 Å². The Morgan fingerprint density at radius 1 is 1.20 bits per heavy atom. The average molecular weight is 409 g/mol. The predicted octanol–water partition coefficient (Wildman–Crippen LogP) is 3.16. The summed E-state index contributed by atoms with van der Waals surface area (Å²) in [4.78, 5) is 30.5. The van der Waals surface area contributed by atoms with Gasteiger partial charge in [-0.15, -0.1) is 0 Å². The Labute approximate surface area is 176 Å². The molecule has 0 aliphatic carbocycles. The molecule has 0 spiro atoms. The highest BCUT2D eigenvalue weighted by atomic mass is 16.4. The molecular formula is C23H28N4O3. The van der Waals surface area contributed by atoms with E-state index in [1.807, 2.05) is 30.3 Å². The van der Waals surface area contributed by atoms with Gasteiger partial charge in [-0.2, -0.15) is 0 Å². The molecule has 7 nitrogen and oxygen atoms in total. The summed E-state index contributed by atoms with van der Waals surface area (Å²) in [6, 6.07) is 11.9. The Morgan fingerprint density at radius 2 is 2.07 bits per heavy atom. The highest BCUT2D eigenvalue weighted by Crippen LogP contribution is 2.31. The van der Waals surface area contributed by atoms with Gasteiger partial charge >= 0.3 is 12.0 Å². The van der Waals surface area contributed by atoms with Gasteiger partial charge in [-0.25, -0.2) is 9.78 Å². The summed E-state index contributed by atoms with van der Waals surface area (Å²) in [5, 5.41) is 15.6. The number of hydrogen-bond acceptors (Lipinski definition) is 4. The number of carboxylic acid groups (broad SMARTS) is 1. The monoisotopic (exact) mass is 408 g/mol. The lowest BCUT2D eigenvalue weighted by Gasteiger charge is -2.22. The Bertz CT molecular complexity index is 930. The number of amides is 2. The van der Waals surface area contributed by atoms with Crippen LogP contribution >= 0.6 is 0 Å². The van der Waals surface area contributed by atoms with Crippen LogP contribution in [0.4, 0.5) is 10.6 Å². The topological polar surface area (TPSA) is 94.6 Å². The molecule has 0 radical (unpaired) electrons. The van der Waals surface area contributed by atoms with E-state index in [2.05, 4.69) is 21.7 Å². The molecule has 0 saturated heterocycles. The van der Waals surface area contributed by atoms with E-state index >= 15 is 0 Å². The number of pyridine rings is 1. The lowest BCUT2D eigenvalue weighted by atomic mass is 9.90. The number of benzene rings is 1. The second-order valence-corrected chi connectivity index (χ2v) is 8.03. The number of aryl methyl sites for hydroxylation is 1. The molecule has 0 saturated carbocycles. The highest BCUT2D eigenvalue weighted by Gasteiger charge is 2.26. The SMILES string of the molecule is O=C(O)C[C@H]1CCN(C(=O)NCCc2ccc3c(n2)NCCC3)Cc2ccccc21. The maximum absolute atomic E-state index is 12.8. The van der Waals surface area contributed by atoms with E-state index in [4.69, 9.17) is 0 Å². The van der Waals surface area contributed by atoms with E-state index in [1.165, 1.54) is 5.56 Å². The molecule has 7 heteroatoms. The number of fused-ring (bicyclic) bond motifs is 2. The number of nitrogens with zero attached hydrogens (tertiary/aromatic N) is 2. The number of aliphatic carboxylic acids is 1. The van der Waals surface area contributed by atoms with Gasteiger partial charge in [0, 0.05) is 38.3 Å². The number of carbonyl (C=O) groups excluding carboxylic acids is 1. The summed E-state index contributed by atoms with van der Waals surface area (Å²) < 4.78 is 0. The largest absolute Gasteiger partial charge is 0.481 e. The van der Waals surface area contributed by atoms with Crippen molar-refractivity contribution >= 4 is 17.8 Å². The molecular weight excluding hydrogens is 380 g/mol. The van der Waals surface area contributed by atoms with Crippen molar-refractivity contribution in [1.82, 2.24) is 15.2 Å². The van der Waals surface area contributed by atoms with Crippen LogP contribution in [-0.2, 0) is 24.2 Å². The van der Waals surface area contributed by atoms with E-state index in [9.17, 15) is 14.7 Å². The van der Waals surface area contributed by atoms with Crippen LogP contribution in [0.1, 0.15) is 47.6 Å². The van der Waals surface area contributed by atoms with E-state index in [0.29, 0.717) is 32.5 Å². The van der Waals surface area contributed by atoms with Gasteiger partial charge in [-0.3, -0.25) is 4.79 Å². The second kappa shape index (κ2) is 9.15. The van der Waals surface area contributed by atoms with E-state index in [1.54, 1.807) is 4.90 Å². The number of anilines is 1. The molecule has 4 rings (SSSR count). The minimum Gasteiger partial charge on any atom is -0.481 e. The van der Waals surface area contributed by atoms with Gasteiger partial charge in [-0.1, -0.05) is 30.3 Å². The van der Waals surface area contributed by atoms with E-state index < -0.39 is 5.97 Å². The molecule has 2 aliphatic rings. The first-order chi connectivity index (χ1) is 14.6. The van der Waals surface area contributed by atoms with Gasteiger partial charge in [0.05, 0.1) is 6.42 Å². The number of rotatable bonds is 5. The lowest BCUT2D eigenvalue weighted by molar-refractivity contribution is -0.137. The first kappa shape index (κ1) is 20.2. The number of urea groups is 1. The normalized spacial score (nSPS) is 17.9. The molecule has 1 atom stereocenters. The highest BCUT2D eigenvalue weighted by molar-refractivity contribution is 5.74. The Balaban J connectivity index is 1.35. The zero-order valence-electron chi connectivity index (χ0n) is 17.1. The second-order valence-electron chi connectivity index (χ2n) is 8.03. The Hall–Kier alpha value is -3.09. The van der Waals surface area contributed by atoms with Crippen molar-refractivity contribution in [2.45, 2.75) is 44.6 Å². The quantitative estimate of drug-likeness (QED) is 0.707. The summed E-state index contributed by atoms with van der Waals surface area (Å²) in [7, 11) is 0. The number of nitrogens with one attached hydrogen (secondary N) is 2. The van der Waals surface area contributed by atoms with Crippen LogP contribution in [0.15, 0.2) is 36.4 Å². The standard InChI is InChI=1S/C23H28N4O3/c28-21(29)14-17-10-13-27(15-18-4-1-2-6-20(17)18)23(30)25-12-9-19-8-7-16-5-3-11-24-22(16)26-19/h1-2,4,6-8,17H,3,5,9-15H2,(H,24,26)(H,25,30)(H,28,29)/t17-/m1/s1. The van der Waals surface area contributed by atoms with Crippen molar-refractivity contribution in [1.29, 1.82) is 0 Å². The maximum Gasteiger partial charge on any atom is 0.317 e. The molecule has 0 fully saturated rings. The number of carbonyl (C=O) groups is 2. The lowest BCUT2D eigenvalue weighted by Crippen LogP contribution is -2.40. The molecule has 2 aromatic rings. The van der Waals surface area contributed by atoms with Crippen molar-refractivity contribution in [2.75, 3.05) is 25.0 Å². The van der Waals surface area contributed by atoms with Gasteiger partial charge in [0.2, 0.25) is 0 Å². The molecule has 3 heterocycles. The van der Waals surface area contributed by atoms with Crippen LogP contribution in [0.3, 0.4) is 0 Å². The van der Waals surface area contributed by atoms with Crippen molar-refractivity contribution in [3.63, 3.8) is 0 Å². The van der Waals surface area contributed by atoms with Gasteiger partial charge in [0.15, 0.2) is 0 Å². The summed E-state index contributed by atoms with van der Waals surface area (Å²) in [5.74, 6) is 0.0992. The summed E-state index contributed by atoms with van der Waals surface area (Å²) >= 11 is 0. The summed E-state index contributed by atoms with van der Waals surface area (Å²) in [5.41, 5.74) is 4.29. The van der Waals surface area contributed by atoms with Gasteiger partial charge in [0.1, 0.15) is 5.82 Å². The number of aromatic nitrogens is 1. The van der Waals surface area contributed by atoms with Gasteiger partial charge < -0.3 is 20.6 Å². The van der Waals surface area contributed by atoms with Crippen molar-refractivity contribution in [3.8, 4) is 0 Å². The molecule has 1 aromatic carbocycles. The molecule has 158 valence electrons. The molecule has 0 unspecified atom stereocenters. The maximum atomic E-state index is 12.8. The third-order valence-electron chi connectivity index (χ3n) is 5.92. The zero-order valence-corrected chi connectivity index (χ0v) is 17.1. The van der Waals surface area contributed by atoms with Crippen LogP contribution in [0, 0.1) is 0 Å². The Kier molecular flexibility index (Phi) is 6.16. The third kappa shape index (κ3) is 4.72. The predicted molar refractivity (Wildman–Crippen MR) is 115 cm³/mol. The van der Waals surface area contributed by atoms with Crippen LogP contribution in [0.5, 0.6) is 0 Å². The van der Waals surface area contributed by atoms with E-state index in [0.717, 1.165) is 42.0 Å². The van der Waals surface area contributed by atoms with Crippen LogP contribution in [0.25, 0.3) is 0 Å². The first-order valence-corrected chi connectivity index (χ1v) is 10.6. The zero-order chi connectivity index (χ0) is 20.9. The van der Waals surface area contributed by atoms with Crippen LogP contribution in [-0.4, -0.2) is 46.6 Å². The van der Waals surface area contributed by atoms with Crippen molar-refractivity contribution in [2.24, 2.45) is 0 Å². The fourth-order valence-electron chi connectivity index (χ4n) is 4.34. The van der Waals surface area contributed by atoms with Gasteiger partial charge in [0.25, 0.3) is 0 Å². The summed E-state index contributed by atoms with van der Waals surface area (Å²) in [6.07, 6.45) is 3.61. The molecule has 30 heavy (non-hydrogen) atoms. The number of carboxylic acids is 1. The fraction of sp³-hybridized carbons (Fsp3) is 0.435. The average Bonchev–Trinajstić information content (AvgIpc) is 2.93. The molecule has 2 aliphatic heterocycles. The van der Waals surface area contributed by atoms with Gasteiger partial charge in [-0.05, 0) is 47.9 Å². The van der Waals surface area contributed by atoms with E-state index in [-0.39, 0.29) is 18.4 Å². The molecule has 3 N–H and O–H groups in total. The third-order valence-corrected chi connectivity index (χ3v) is 5.92. The molecule has 0 bridgehead atoms. The van der Waals surface area contributed by atoms with Crippen LogP contribution in [0.2, 0.25) is 0 Å². The first-order valence-electron chi connectivity index (χ1n) is 10.6. The molecule has 2 amide bonds. The minimum atomic E-state index is -0.806.